The molecule has 182 valence electrons. The van der Waals surface area contributed by atoms with Crippen LogP contribution in [0.2, 0.25) is 0 Å². The molecule has 0 unspecified atom stereocenters. The molecule has 1 amide bonds. The number of rotatable bonds is 8. The van der Waals surface area contributed by atoms with Gasteiger partial charge in [-0.05, 0) is 74.5 Å². The van der Waals surface area contributed by atoms with Crippen LogP contribution in [-0.2, 0) is 13.1 Å². The molecule has 0 saturated heterocycles. The van der Waals surface area contributed by atoms with Crippen molar-refractivity contribution in [2.24, 2.45) is 0 Å². The second-order valence-electron chi connectivity index (χ2n) is 8.16. The maximum atomic E-state index is 12.8. The van der Waals surface area contributed by atoms with Crippen LogP contribution in [0.1, 0.15) is 30.0 Å². The maximum Gasteiger partial charge on any atom is 0.262 e. The number of carbonyl (C=O) groups is 1. The topological polar surface area (TPSA) is 103 Å². The van der Waals surface area contributed by atoms with E-state index in [1.807, 2.05) is 78.9 Å². The summed E-state index contributed by atoms with van der Waals surface area (Å²) in [5, 5.41) is 15.5. The largest absolute Gasteiger partial charge is 0.494 e. The van der Waals surface area contributed by atoms with E-state index >= 15 is 0 Å². The number of fused-ring (bicyclic) bond motifs is 3. The van der Waals surface area contributed by atoms with Gasteiger partial charge in [0.25, 0.3) is 11.5 Å². The molecule has 3 aromatic carbocycles. The molecule has 36 heavy (non-hydrogen) atoms. The van der Waals surface area contributed by atoms with Crippen molar-refractivity contribution in [2.45, 2.75) is 26.9 Å². The Kier molecular flexibility index (Phi) is 6.36. The molecule has 0 fully saturated rings. The minimum Gasteiger partial charge on any atom is -0.494 e. The Labute approximate surface area is 207 Å². The van der Waals surface area contributed by atoms with Crippen LogP contribution in [0, 0.1) is 0 Å². The van der Waals surface area contributed by atoms with E-state index in [1.165, 1.54) is 0 Å². The number of hydrogen-bond donors (Lipinski definition) is 2. The Morgan fingerprint density at radius 1 is 0.917 bits per heavy atom. The summed E-state index contributed by atoms with van der Waals surface area (Å²) >= 11 is 0. The fraction of sp³-hybridized carbons (Fsp3) is 0.185. The molecule has 5 aromatic rings. The Hall–Kier alpha value is -4.66. The molecule has 0 radical (unpaired) electrons. The highest BCUT2D eigenvalue weighted by molar-refractivity contribution is 6.04. The zero-order chi connectivity index (χ0) is 25.1. The Morgan fingerprint density at radius 2 is 1.64 bits per heavy atom. The van der Waals surface area contributed by atoms with Crippen LogP contribution in [0.25, 0.3) is 16.7 Å². The van der Waals surface area contributed by atoms with Crippen molar-refractivity contribution in [3.8, 4) is 5.75 Å². The van der Waals surface area contributed by atoms with Crippen LogP contribution >= 0.6 is 0 Å². The summed E-state index contributed by atoms with van der Waals surface area (Å²) in [6.07, 6.45) is 0. The lowest BCUT2D eigenvalue weighted by Gasteiger charge is -2.11. The fourth-order valence-electron chi connectivity index (χ4n) is 4.14. The quantitative estimate of drug-likeness (QED) is 0.341. The third-order valence-electron chi connectivity index (χ3n) is 5.91. The number of aromatic nitrogens is 4. The number of anilines is 2. The lowest BCUT2D eigenvalue weighted by atomic mass is 10.2. The van der Waals surface area contributed by atoms with Gasteiger partial charge in [0.15, 0.2) is 5.82 Å². The van der Waals surface area contributed by atoms with Gasteiger partial charge in [0.1, 0.15) is 5.75 Å². The van der Waals surface area contributed by atoms with E-state index < -0.39 is 0 Å². The minimum atomic E-state index is -0.196. The molecule has 9 heteroatoms. The van der Waals surface area contributed by atoms with E-state index in [9.17, 15) is 9.59 Å². The summed E-state index contributed by atoms with van der Waals surface area (Å²) < 4.78 is 8.96. The van der Waals surface area contributed by atoms with Crippen molar-refractivity contribution in [3.63, 3.8) is 0 Å². The van der Waals surface area contributed by atoms with Gasteiger partial charge in [0.2, 0.25) is 5.78 Å². The van der Waals surface area contributed by atoms with Crippen molar-refractivity contribution >= 4 is 34.0 Å². The first-order chi connectivity index (χ1) is 17.6. The van der Waals surface area contributed by atoms with Crippen molar-refractivity contribution in [1.29, 1.82) is 0 Å². The van der Waals surface area contributed by atoms with Gasteiger partial charge in [-0.25, -0.2) is 0 Å². The van der Waals surface area contributed by atoms with E-state index in [0.717, 1.165) is 17.0 Å². The molecule has 9 nitrogen and oxygen atoms in total. The molecule has 0 bridgehead atoms. The smallest absolute Gasteiger partial charge is 0.262 e. The second-order valence-corrected chi connectivity index (χ2v) is 8.16. The van der Waals surface area contributed by atoms with Gasteiger partial charge in [-0.3, -0.25) is 18.6 Å². The van der Waals surface area contributed by atoms with Crippen LogP contribution in [0.4, 0.5) is 11.4 Å². The van der Waals surface area contributed by atoms with Crippen LogP contribution in [0.15, 0.2) is 77.6 Å². The van der Waals surface area contributed by atoms with E-state index in [-0.39, 0.29) is 11.5 Å². The van der Waals surface area contributed by atoms with Gasteiger partial charge in [0, 0.05) is 23.5 Å². The minimum absolute atomic E-state index is 0.0772. The van der Waals surface area contributed by atoms with Crippen molar-refractivity contribution in [1.82, 2.24) is 19.2 Å². The fourth-order valence-corrected chi connectivity index (χ4v) is 4.14. The summed E-state index contributed by atoms with van der Waals surface area (Å²) in [6.45, 7) is 5.32. The first kappa shape index (κ1) is 23.1. The van der Waals surface area contributed by atoms with Gasteiger partial charge in [-0.2, -0.15) is 0 Å². The third kappa shape index (κ3) is 4.38. The average Bonchev–Trinajstić information content (AvgIpc) is 3.33. The number of amides is 1. The molecule has 2 aromatic heterocycles. The summed E-state index contributed by atoms with van der Waals surface area (Å²) in [7, 11) is 0. The maximum absolute atomic E-state index is 12.8. The van der Waals surface area contributed by atoms with Crippen molar-refractivity contribution < 1.29 is 9.53 Å². The third-order valence-corrected chi connectivity index (χ3v) is 5.91. The molecular formula is C27H26N6O3. The van der Waals surface area contributed by atoms with E-state index in [0.29, 0.717) is 47.9 Å². The molecule has 0 atom stereocenters. The highest BCUT2D eigenvalue weighted by Crippen LogP contribution is 2.19. The number of carbonyl (C=O) groups excluding carboxylic acids is 1. The standard InChI is InChI=1S/C27H26N6O3/c1-3-32-26(35)22-7-5-6-8-23(22)33-24(30-31-27(32)33)17-28-19-11-9-18(10-12-19)25(34)29-20-13-15-21(16-14-20)36-4-2/h5-16,28H,3-4,17H2,1-2H3,(H,29,34). The number of benzene rings is 3. The predicted octanol–water partition coefficient (Wildman–Crippen LogP) is 4.33. The van der Waals surface area contributed by atoms with Gasteiger partial charge < -0.3 is 15.4 Å². The molecule has 2 N–H and O–H groups in total. The monoisotopic (exact) mass is 482 g/mol. The average molecular weight is 483 g/mol. The summed E-state index contributed by atoms with van der Waals surface area (Å²) in [4.78, 5) is 25.5. The molecule has 2 heterocycles. The number of hydrogen-bond acceptors (Lipinski definition) is 6. The second kappa shape index (κ2) is 9.91. The van der Waals surface area contributed by atoms with Crippen molar-refractivity contribution in [3.05, 3.63) is 94.5 Å². The number of nitrogens with zero attached hydrogens (tertiary/aromatic N) is 4. The van der Waals surface area contributed by atoms with E-state index in [1.54, 1.807) is 16.7 Å². The van der Waals surface area contributed by atoms with Gasteiger partial charge in [-0.1, -0.05) is 12.1 Å². The Morgan fingerprint density at radius 3 is 2.36 bits per heavy atom. The zero-order valence-electron chi connectivity index (χ0n) is 20.1. The highest BCUT2D eigenvalue weighted by atomic mass is 16.5. The molecular weight excluding hydrogens is 456 g/mol. The number of para-hydroxylation sites is 1. The SMILES string of the molecule is CCOc1ccc(NC(=O)c2ccc(NCc3nnc4n(CC)c(=O)c5ccccc5n34)cc2)cc1. The van der Waals surface area contributed by atoms with Crippen LogP contribution in [0.3, 0.4) is 0 Å². The normalized spacial score (nSPS) is 11.1. The molecule has 0 aliphatic heterocycles. The van der Waals surface area contributed by atoms with Crippen LogP contribution in [-0.4, -0.2) is 31.7 Å². The predicted molar refractivity (Wildman–Crippen MR) is 140 cm³/mol. The molecule has 5 rings (SSSR count). The van der Waals surface area contributed by atoms with Gasteiger partial charge in [-0.15, -0.1) is 10.2 Å². The number of nitrogens with one attached hydrogen (secondary N) is 2. The first-order valence-corrected chi connectivity index (χ1v) is 11.8. The van der Waals surface area contributed by atoms with Gasteiger partial charge in [0.05, 0.1) is 24.1 Å². The first-order valence-electron chi connectivity index (χ1n) is 11.8. The highest BCUT2D eigenvalue weighted by Gasteiger charge is 2.15. The summed E-state index contributed by atoms with van der Waals surface area (Å²) in [5.41, 5.74) is 2.76. The molecule has 0 spiro atoms. The lowest BCUT2D eigenvalue weighted by Crippen LogP contribution is -2.22. The molecule has 0 saturated carbocycles. The lowest BCUT2D eigenvalue weighted by molar-refractivity contribution is 0.102. The zero-order valence-corrected chi connectivity index (χ0v) is 20.1. The van der Waals surface area contributed by atoms with E-state index in [4.69, 9.17) is 4.74 Å². The summed E-state index contributed by atoms with van der Waals surface area (Å²) in [6, 6.07) is 21.9. The molecule has 0 aliphatic rings. The van der Waals surface area contributed by atoms with Crippen LogP contribution < -0.4 is 20.9 Å². The number of aryl methyl sites for hydroxylation is 1. The number of ether oxygens (including phenoxy) is 1. The molecule has 0 aliphatic carbocycles. The van der Waals surface area contributed by atoms with E-state index in [2.05, 4.69) is 20.8 Å². The Bertz CT molecular complexity index is 1590. The summed E-state index contributed by atoms with van der Waals surface area (Å²) in [5.74, 6) is 1.76. The Balaban J connectivity index is 1.31. The van der Waals surface area contributed by atoms with Crippen molar-refractivity contribution in [2.75, 3.05) is 17.2 Å². The van der Waals surface area contributed by atoms with Crippen LogP contribution in [0.5, 0.6) is 5.75 Å². The van der Waals surface area contributed by atoms with Gasteiger partial charge >= 0.3 is 0 Å².